The van der Waals surface area contributed by atoms with Crippen LogP contribution in [0, 0.1) is 5.82 Å². The van der Waals surface area contributed by atoms with Crippen molar-refractivity contribution in [1.29, 1.82) is 0 Å². The standard InChI is InChI=1S/C26H28FN3O6S/c1-5-36-22-12-6-19(7-13-22)18(2)28-29-26(31)17-30(21-10-8-20(27)9-11-21)37(32,33)23-14-15-24(34-3)25(16-23)35-4/h6-16H,5,17H2,1-4H3,(H,29,31)/b28-18-. The van der Waals surface area contributed by atoms with E-state index >= 15 is 0 Å². The lowest BCUT2D eigenvalue weighted by Gasteiger charge is -2.24. The number of nitrogens with zero attached hydrogens (tertiary/aromatic N) is 2. The molecule has 1 N–H and O–H groups in total. The minimum Gasteiger partial charge on any atom is -0.494 e. The summed E-state index contributed by atoms with van der Waals surface area (Å²) in [7, 11) is -1.46. The predicted octanol–water partition coefficient (Wildman–Crippen LogP) is 3.98. The van der Waals surface area contributed by atoms with E-state index in [1.165, 1.54) is 44.6 Å². The van der Waals surface area contributed by atoms with Gasteiger partial charge in [-0.2, -0.15) is 5.10 Å². The fourth-order valence-electron chi connectivity index (χ4n) is 3.36. The zero-order valence-electron chi connectivity index (χ0n) is 20.9. The first-order chi connectivity index (χ1) is 17.7. The average Bonchev–Trinajstić information content (AvgIpc) is 2.91. The predicted molar refractivity (Wildman–Crippen MR) is 138 cm³/mol. The first kappa shape index (κ1) is 27.5. The highest BCUT2D eigenvalue weighted by Crippen LogP contribution is 2.32. The van der Waals surface area contributed by atoms with E-state index in [0.717, 1.165) is 22.0 Å². The Morgan fingerprint density at radius 1 is 0.973 bits per heavy atom. The summed E-state index contributed by atoms with van der Waals surface area (Å²) in [6.45, 7) is 3.52. The Labute approximate surface area is 215 Å². The number of amides is 1. The maximum absolute atomic E-state index is 13.6. The molecule has 3 aromatic rings. The summed E-state index contributed by atoms with van der Waals surface area (Å²) in [6.07, 6.45) is 0. The quantitative estimate of drug-likeness (QED) is 0.298. The van der Waals surface area contributed by atoms with Crippen LogP contribution < -0.4 is 23.9 Å². The van der Waals surface area contributed by atoms with E-state index in [4.69, 9.17) is 14.2 Å². The lowest BCUT2D eigenvalue weighted by Crippen LogP contribution is -2.39. The van der Waals surface area contributed by atoms with E-state index in [1.54, 1.807) is 31.2 Å². The fraction of sp³-hybridized carbons (Fsp3) is 0.231. The molecule has 37 heavy (non-hydrogen) atoms. The summed E-state index contributed by atoms with van der Waals surface area (Å²) in [5.41, 5.74) is 3.74. The number of hydrogen-bond acceptors (Lipinski definition) is 7. The van der Waals surface area contributed by atoms with E-state index in [1.807, 2.05) is 6.92 Å². The van der Waals surface area contributed by atoms with Gasteiger partial charge in [-0.3, -0.25) is 9.10 Å². The number of carbonyl (C=O) groups excluding carboxylic acids is 1. The van der Waals surface area contributed by atoms with Crippen LogP contribution in [0.15, 0.2) is 76.7 Å². The van der Waals surface area contributed by atoms with E-state index < -0.39 is 28.3 Å². The molecule has 0 unspecified atom stereocenters. The van der Waals surface area contributed by atoms with Crippen molar-refractivity contribution in [3.63, 3.8) is 0 Å². The van der Waals surface area contributed by atoms with Crippen molar-refractivity contribution in [3.8, 4) is 17.2 Å². The van der Waals surface area contributed by atoms with Gasteiger partial charge in [0.15, 0.2) is 11.5 Å². The third-order valence-electron chi connectivity index (χ3n) is 5.28. The molecule has 0 aliphatic heterocycles. The van der Waals surface area contributed by atoms with Gasteiger partial charge in [-0.25, -0.2) is 18.2 Å². The number of carbonyl (C=O) groups is 1. The third kappa shape index (κ3) is 6.76. The lowest BCUT2D eigenvalue weighted by molar-refractivity contribution is -0.119. The van der Waals surface area contributed by atoms with Crippen molar-refractivity contribution in [2.75, 3.05) is 31.7 Å². The molecule has 3 aromatic carbocycles. The molecule has 1 amide bonds. The Balaban J connectivity index is 1.87. The summed E-state index contributed by atoms with van der Waals surface area (Å²) in [6, 6.07) is 16.0. The van der Waals surface area contributed by atoms with Gasteiger partial charge in [0.2, 0.25) is 0 Å². The normalized spacial score (nSPS) is 11.5. The second-order valence-corrected chi connectivity index (χ2v) is 9.56. The molecule has 0 saturated carbocycles. The van der Waals surface area contributed by atoms with Crippen LogP contribution >= 0.6 is 0 Å². The number of methoxy groups -OCH3 is 2. The number of hydrazone groups is 1. The minimum atomic E-state index is -4.27. The second kappa shape index (κ2) is 12.2. The van der Waals surface area contributed by atoms with Gasteiger partial charge in [-0.15, -0.1) is 0 Å². The van der Waals surface area contributed by atoms with Crippen LogP contribution in [0.5, 0.6) is 17.2 Å². The van der Waals surface area contributed by atoms with E-state index in [2.05, 4.69) is 10.5 Å². The number of hydrogen-bond donors (Lipinski definition) is 1. The molecular weight excluding hydrogens is 501 g/mol. The molecule has 0 radical (unpaired) electrons. The molecule has 0 atom stereocenters. The smallest absolute Gasteiger partial charge is 0.264 e. The average molecular weight is 530 g/mol. The highest BCUT2D eigenvalue weighted by atomic mass is 32.2. The maximum atomic E-state index is 13.6. The van der Waals surface area contributed by atoms with Crippen LogP contribution in [0.4, 0.5) is 10.1 Å². The SMILES string of the molecule is CCOc1ccc(/C(C)=N\NC(=O)CN(c2ccc(F)cc2)S(=O)(=O)c2ccc(OC)c(OC)c2)cc1. The van der Waals surface area contributed by atoms with E-state index in [-0.39, 0.29) is 16.3 Å². The van der Waals surface area contributed by atoms with Crippen molar-refractivity contribution in [3.05, 3.63) is 78.1 Å². The first-order valence-electron chi connectivity index (χ1n) is 11.3. The number of sulfonamides is 1. The van der Waals surface area contributed by atoms with Gasteiger partial charge in [0.25, 0.3) is 15.9 Å². The van der Waals surface area contributed by atoms with Crippen molar-refractivity contribution >= 4 is 27.3 Å². The summed E-state index contributed by atoms with van der Waals surface area (Å²) >= 11 is 0. The van der Waals surface area contributed by atoms with Crippen molar-refractivity contribution < 1.29 is 31.8 Å². The van der Waals surface area contributed by atoms with Gasteiger partial charge in [0.1, 0.15) is 18.1 Å². The molecule has 11 heteroatoms. The van der Waals surface area contributed by atoms with Crippen LogP contribution in [0.2, 0.25) is 0 Å². The third-order valence-corrected chi connectivity index (χ3v) is 7.05. The fourth-order valence-corrected chi connectivity index (χ4v) is 4.80. The van der Waals surface area contributed by atoms with Crippen molar-refractivity contribution in [2.24, 2.45) is 5.10 Å². The molecular formula is C26H28FN3O6S. The summed E-state index contributed by atoms with van der Waals surface area (Å²) < 4.78 is 57.4. The van der Waals surface area contributed by atoms with Gasteiger partial charge in [0.05, 0.1) is 37.1 Å². The van der Waals surface area contributed by atoms with Crippen LogP contribution in [0.1, 0.15) is 19.4 Å². The topological polar surface area (TPSA) is 107 Å². The Morgan fingerprint density at radius 2 is 1.62 bits per heavy atom. The Morgan fingerprint density at radius 3 is 2.22 bits per heavy atom. The number of benzene rings is 3. The van der Waals surface area contributed by atoms with Gasteiger partial charge < -0.3 is 14.2 Å². The number of nitrogens with one attached hydrogen (secondary N) is 1. The summed E-state index contributed by atoms with van der Waals surface area (Å²) in [5.74, 6) is -0.00130. The molecule has 0 aliphatic rings. The summed E-state index contributed by atoms with van der Waals surface area (Å²) in [4.78, 5) is 12.7. The van der Waals surface area contributed by atoms with Crippen LogP contribution in [-0.4, -0.2) is 47.4 Å². The highest BCUT2D eigenvalue weighted by Gasteiger charge is 2.28. The zero-order valence-corrected chi connectivity index (χ0v) is 21.7. The maximum Gasteiger partial charge on any atom is 0.264 e. The van der Waals surface area contributed by atoms with E-state index in [9.17, 15) is 17.6 Å². The van der Waals surface area contributed by atoms with Crippen LogP contribution in [0.3, 0.4) is 0 Å². The zero-order chi connectivity index (χ0) is 27.0. The number of halogens is 1. The van der Waals surface area contributed by atoms with Gasteiger partial charge in [-0.05, 0) is 80.1 Å². The number of rotatable bonds is 11. The minimum absolute atomic E-state index is 0.0959. The monoisotopic (exact) mass is 529 g/mol. The molecule has 0 bridgehead atoms. The molecule has 0 aromatic heterocycles. The largest absolute Gasteiger partial charge is 0.494 e. The van der Waals surface area contributed by atoms with Crippen LogP contribution in [-0.2, 0) is 14.8 Å². The molecule has 9 nitrogen and oxygen atoms in total. The number of ether oxygens (including phenoxy) is 3. The Bertz CT molecular complexity index is 1360. The van der Waals surface area contributed by atoms with Crippen LogP contribution in [0.25, 0.3) is 0 Å². The van der Waals surface area contributed by atoms with Crippen molar-refractivity contribution in [2.45, 2.75) is 18.7 Å². The molecule has 0 spiro atoms. The molecule has 0 aliphatic carbocycles. The van der Waals surface area contributed by atoms with Gasteiger partial charge in [0, 0.05) is 6.07 Å². The van der Waals surface area contributed by atoms with Gasteiger partial charge >= 0.3 is 0 Å². The number of anilines is 1. The lowest BCUT2D eigenvalue weighted by atomic mass is 10.1. The molecule has 0 heterocycles. The highest BCUT2D eigenvalue weighted by molar-refractivity contribution is 7.92. The molecule has 3 rings (SSSR count). The molecule has 0 saturated heterocycles. The molecule has 0 fully saturated rings. The van der Waals surface area contributed by atoms with Crippen molar-refractivity contribution in [1.82, 2.24) is 5.43 Å². The Hall–Kier alpha value is -4.12. The first-order valence-corrected chi connectivity index (χ1v) is 12.7. The molecule has 196 valence electrons. The van der Waals surface area contributed by atoms with Gasteiger partial charge in [-0.1, -0.05) is 0 Å². The Kier molecular flexibility index (Phi) is 9.07. The second-order valence-electron chi connectivity index (χ2n) is 7.69. The van der Waals surface area contributed by atoms with E-state index in [0.29, 0.717) is 23.8 Å². The summed E-state index contributed by atoms with van der Waals surface area (Å²) in [5, 5.41) is 4.09.